The maximum atomic E-state index is 11.0. The Morgan fingerprint density at radius 1 is 1.80 bits per heavy atom. The molecule has 0 saturated carbocycles. The zero-order chi connectivity index (χ0) is 7.40. The standard InChI is InChI=1S/C6H12NO2P/c1-9-10(8)6-2-4-7-5-3-6/h2,7,10H,3-5H2,1H3. The molecule has 0 radical (unpaired) electrons. The van der Waals surface area contributed by atoms with Crippen molar-refractivity contribution in [3.63, 3.8) is 0 Å². The zero-order valence-corrected chi connectivity index (χ0v) is 7.02. The van der Waals surface area contributed by atoms with Crippen LogP contribution in [0.25, 0.3) is 0 Å². The highest BCUT2D eigenvalue weighted by Crippen LogP contribution is 2.34. The molecule has 58 valence electrons. The van der Waals surface area contributed by atoms with Gasteiger partial charge in [-0.2, -0.15) is 0 Å². The van der Waals surface area contributed by atoms with Crippen molar-refractivity contribution in [1.82, 2.24) is 5.32 Å². The van der Waals surface area contributed by atoms with E-state index in [4.69, 9.17) is 4.52 Å². The van der Waals surface area contributed by atoms with E-state index >= 15 is 0 Å². The van der Waals surface area contributed by atoms with Crippen molar-refractivity contribution >= 4 is 8.03 Å². The molecule has 4 heteroatoms. The van der Waals surface area contributed by atoms with Gasteiger partial charge in [0.2, 0.25) is 8.03 Å². The molecule has 1 aliphatic rings. The minimum atomic E-state index is -1.86. The average Bonchev–Trinajstić information content (AvgIpc) is 2.05. The van der Waals surface area contributed by atoms with Crippen molar-refractivity contribution in [2.75, 3.05) is 20.2 Å². The van der Waals surface area contributed by atoms with Gasteiger partial charge < -0.3 is 9.84 Å². The van der Waals surface area contributed by atoms with Crippen molar-refractivity contribution in [3.8, 4) is 0 Å². The van der Waals surface area contributed by atoms with Crippen molar-refractivity contribution in [2.24, 2.45) is 0 Å². The van der Waals surface area contributed by atoms with Gasteiger partial charge in [-0.25, -0.2) is 0 Å². The fraction of sp³-hybridized carbons (Fsp3) is 0.667. The Labute approximate surface area is 61.3 Å². The smallest absolute Gasteiger partial charge is 0.216 e. The van der Waals surface area contributed by atoms with E-state index in [1.54, 1.807) is 0 Å². The fourth-order valence-electron chi connectivity index (χ4n) is 0.939. The summed E-state index contributed by atoms with van der Waals surface area (Å²) < 4.78 is 15.8. The van der Waals surface area contributed by atoms with Gasteiger partial charge in [0.1, 0.15) is 0 Å². The van der Waals surface area contributed by atoms with E-state index in [0.29, 0.717) is 0 Å². The zero-order valence-electron chi connectivity index (χ0n) is 6.02. The van der Waals surface area contributed by atoms with Gasteiger partial charge in [0.05, 0.1) is 0 Å². The van der Waals surface area contributed by atoms with Crippen LogP contribution in [0.1, 0.15) is 6.42 Å². The Morgan fingerprint density at radius 3 is 3.10 bits per heavy atom. The number of hydrogen-bond donors (Lipinski definition) is 1. The molecule has 1 heterocycles. The Kier molecular flexibility index (Phi) is 3.13. The quantitative estimate of drug-likeness (QED) is 0.613. The average molecular weight is 161 g/mol. The van der Waals surface area contributed by atoms with E-state index in [9.17, 15) is 4.57 Å². The van der Waals surface area contributed by atoms with Crippen molar-refractivity contribution in [3.05, 3.63) is 11.4 Å². The molecule has 0 spiro atoms. The van der Waals surface area contributed by atoms with Crippen LogP contribution in [0.15, 0.2) is 11.4 Å². The summed E-state index contributed by atoms with van der Waals surface area (Å²) in [6.07, 6.45) is 2.82. The molecular formula is C6H12NO2P. The highest BCUT2D eigenvalue weighted by molar-refractivity contribution is 7.44. The Bertz CT molecular complexity index is 167. The van der Waals surface area contributed by atoms with Gasteiger partial charge >= 0.3 is 0 Å². The SMILES string of the molecule is CO[PH](=O)C1=CCNCC1. The number of nitrogens with one attached hydrogen (secondary N) is 1. The predicted octanol–water partition coefficient (Wildman–Crippen LogP) is 0.985. The summed E-state index contributed by atoms with van der Waals surface area (Å²) in [6, 6.07) is 0. The van der Waals surface area contributed by atoms with Crippen molar-refractivity contribution in [1.29, 1.82) is 0 Å². The van der Waals surface area contributed by atoms with Gasteiger partial charge in [-0.3, -0.25) is 4.57 Å². The van der Waals surface area contributed by atoms with Crippen LogP contribution in [0.2, 0.25) is 0 Å². The first kappa shape index (κ1) is 7.99. The molecule has 0 amide bonds. The van der Waals surface area contributed by atoms with Gasteiger partial charge in [0.25, 0.3) is 0 Å². The lowest BCUT2D eigenvalue weighted by atomic mass is 10.3. The van der Waals surface area contributed by atoms with Gasteiger partial charge in [-0.05, 0) is 13.0 Å². The molecular weight excluding hydrogens is 149 g/mol. The maximum absolute atomic E-state index is 11.0. The predicted molar refractivity (Wildman–Crippen MR) is 41.6 cm³/mol. The summed E-state index contributed by atoms with van der Waals surface area (Å²) in [6.45, 7) is 1.75. The molecule has 0 aromatic carbocycles. The highest BCUT2D eigenvalue weighted by atomic mass is 31.1. The van der Waals surface area contributed by atoms with E-state index in [0.717, 1.165) is 24.8 Å². The first-order chi connectivity index (χ1) is 4.84. The lowest BCUT2D eigenvalue weighted by molar-refractivity contribution is 0.418. The lowest BCUT2D eigenvalue weighted by Crippen LogP contribution is -2.19. The van der Waals surface area contributed by atoms with E-state index in [1.165, 1.54) is 7.11 Å². The topological polar surface area (TPSA) is 38.3 Å². The first-order valence-electron chi connectivity index (χ1n) is 3.32. The van der Waals surface area contributed by atoms with Crippen LogP contribution in [-0.2, 0) is 9.09 Å². The molecule has 10 heavy (non-hydrogen) atoms. The van der Waals surface area contributed by atoms with Crippen LogP contribution in [0.5, 0.6) is 0 Å². The summed E-state index contributed by atoms with van der Waals surface area (Å²) in [7, 11) is -0.368. The van der Waals surface area contributed by atoms with Crippen molar-refractivity contribution in [2.45, 2.75) is 6.42 Å². The van der Waals surface area contributed by atoms with Crippen LogP contribution in [0, 0.1) is 0 Å². The van der Waals surface area contributed by atoms with E-state index in [1.807, 2.05) is 6.08 Å². The second-order valence-electron chi connectivity index (χ2n) is 2.18. The third-order valence-electron chi connectivity index (χ3n) is 1.51. The molecule has 0 saturated heterocycles. The van der Waals surface area contributed by atoms with Gasteiger partial charge in [-0.15, -0.1) is 0 Å². The summed E-state index contributed by atoms with van der Waals surface area (Å²) in [5.41, 5.74) is 0. The van der Waals surface area contributed by atoms with Crippen molar-refractivity contribution < 1.29 is 9.09 Å². The lowest BCUT2D eigenvalue weighted by Gasteiger charge is -2.11. The first-order valence-corrected chi connectivity index (χ1v) is 4.64. The van der Waals surface area contributed by atoms with Gasteiger partial charge in [0, 0.05) is 19.0 Å². The summed E-state index contributed by atoms with van der Waals surface area (Å²) >= 11 is 0. The number of rotatable bonds is 2. The molecule has 0 fully saturated rings. The van der Waals surface area contributed by atoms with Crippen LogP contribution >= 0.6 is 8.03 Å². The maximum Gasteiger partial charge on any atom is 0.216 e. The van der Waals surface area contributed by atoms with Gasteiger partial charge in [0.15, 0.2) is 0 Å². The Balaban J connectivity index is 2.53. The molecule has 1 rings (SSSR count). The van der Waals surface area contributed by atoms with Crippen LogP contribution in [0.3, 0.4) is 0 Å². The molecule has 1 atom stereocenters. The van der Waals surface area contributed by atoms with Crippen LogP contribution in [-0.4, -0.2) is 20.2 Å². The van der Waals surface area contributed by atoms with Gasteiger partial charge in [-0.1, -0.05) is 6.08 Å². The number of hydrogen-bond acceptors (Lipinski definition) is 3. The minimum Gasteiger partial charge on any atom is -0.331 e. The molecule has 3 nitrogen and oxygen atoms in total. The Morgan fingerprint density at radius 2 is 2.60 bits per heavy atom. The second-order valence-corrected chi connectivity index (χ2v) is 3.80. The summed E-state index contributed by atoms with van der Waals surface area (Å²) in [5.74, 6) is 0. The van der Waals surface area contributed by atoms with Crippen LogP contribution < -0.4 is 5.32 Å². The fourth-order valence-corrected chi connectivity index (χ4v) is 1.80. The molecule has 1 unspecified atom stereocenters. The van der Waals surface area contributed by atoms with E-state index < -0.39 is 8.03 Å². The normalized spacial score (nSPS) is 21.9. The summed E-state index contributed by atoms with van der Waals surface area (Å²) in [5, 5.41) is 4.12. The minimum absolute atomic E-state index is 0.828. The Hall–Kier alpha value is -0.110. The van der Waals surface area contributed by atoms with E-state index in [2.05, 4.69) is 5.32 Å². The molecule has 0 bridgehead atoms. The molecule has 0 aliphatic carbocycles. The second kappa shape index (κ2) is 3.91. The molecule has 1 aliphatic heterocycles. The molecule has 0 aromatic rings. The van der Waals surface area contributed by atoms with E-state index in [-0.39, 0.29) is 0 Å². The largest absolute Gasteiger partial charge is 0.331 e. The molecule has 0 aromatic heterocycles. The third-order valence-corrected chi connectivity index (χ3v) is 2.86. The van der Waals surface area contributed by atoms with Crippen LogP contribution in [0.4, 0.5) is 0 Å². The molecule has 1 N–H and O–H groups in total. The monoisotopic (exact) mass is 161 g/mol. The summed E-state index contributed by atoms with van der Waals surface area (Å²) in [4.78, 5) is 0. The highest BCUT2D eigenvalue weighted by Gasteiger charge is 2.07. The third kappa shape index (κ3) is 1.94.